The fourth-order valence-electron chi connectivity index (χ4n) is 2.77. The van der Waals surface area contributed by atoms with Crippen molar-refractivity contribution in [1.82, 2.24) is 4.98 Å². The number of thioether (sulfide) groups is 1. The lowest BCUT2D eigenvalue weighted by molar-refractivity contribution is 0.257. The Morgan fingerprint density at radius 3 is 2.79 bits per heavy atom. The van der Waals surface area contributed by atoms with Gasteiger partial charge in [-0.15, -0.1) is 11.8 Å². The van der Waals surface area contributed by atoms with E-state index >= 15 is 0 Å². The van der Waals surface area contributed by atoms with Gasteiger partial charge in [0.25, 0.3) is 0 Å². The molecule has 0 bridgehead atoms. The summed E-state index contributed by atoms with van der Waals surface area (Å²) in [6.45, 7) is 7.24. The number of hydrogen-bond acceptors (Lipinski definition) is 4. The number of fused-ring (bicyclic) bond motifs is 1. The molecule has 2 amide bonds. The van der Waals surface area contributed by atoms with E-state index in [1.807, 2.05) is 51.1 Å². The van der Waals surface area contributed by atoms with Crippen molar-refractivity contribution >= 4 is 29.2 Å². The number of carbonyl (C=O) groups excluding carboxylic acids is 1. The second kappa shape index (κ2) is 7.13. The number of nitrogens with one attached hydrogen (secondary N) is 1. The van der Waals surface area contributed by atoms with E-state index in [0.717, 1.165) is 39.2 Å². The molecule has 0 spiro atoms. The second-order valence-electron chi connectivity index (χ2n) is 5.62. The summed E-state index contributed by atoms with van der Waals surface area (Å²) in [5.41, 5.74) is 3.72. The van der Waals surface area contributed by atoms with Gasteiger partial charge in [0.2, 0.25) is 0 Å². The molecule has 1 aromatic carbocycles. The molecule has 24 heavy (non-hydrogen) atoms. The normalized spacial score (nSPS) is 13.4. The maximum absolute atomic E-state index is 12.7. The number of carbonyl (C=O) groups is 1. The Morgan fingerprint density at radius 1 is 1.33 bits per heavy atom. The van der Waals surface area contributed by atoms with Crippen LogP contribution in [0.25, 0.3) is 0 Å². The molecular formula is C18H21N3O2S. The summed E-state index contributed by atoms with van der Waals surface area (Å²) < 4.78 is 5.42. The molecule has 0 unspecified atom stereocenters. The average molecular weight is 343 g/mol. The van der Waals surface area contributed by atoms with E-state index in [2.05, 4.69) is 10.3 Å². The largest absolute Gasteiger partial charge is 0.494 e. The minimum absolute atomic E-state index is 0.130. The highest BCUT2D eigenvalue weighted by atomic mass is 32.2. The minimum Gasteiger partial charge on any atom is -0.494 e. The molecule has 0 aliphatic carbocycles. The van der Waals surface area contributed by atoms with Gasteiger partial charge in [-0.05, 0) is 56.7 Å². The van der Waals surface area contributed by atoms with E-state index in [0.29, 0.717) is 13.2 Å². The van der Waals surface area contributed by atoms with Gasteiger partial charge in [0.1, 0.15) is 10.8 Å². The third-order valence-electron chi connectivity index (χ3n) is 3.76. The van der Waals surface area contributed by atoms with Crippen LogP contribution in [-0.2, 0) is 0 Å². The zero-order valence-corrected chi connectivity index (χ0v) is 14.9. The van der Waals surface area contributed by atoms with Crippen molar-refractivity contribution in [1.29, 1.82) is 0 Å². The monoisotopic (exact) mass is 343 g/mol. The lowest BCUT2D eigenvalue weighted by atomic mass is 10.2. The highest BCUT2D eigenvalue weighted by Gasteiger charge is 2.26. The molecule has 0 radical (unpaired) electrons. The van der Waals surface area contributed by atoms with Crippen LogP contribution in [0.15, 0.2) is 35.4 Å². The second-order valence-corrected chi connectivity index (χ2v) is 6.71. The van der Waals surface area contributed by atoms with Crippen LogP contribution >= 0.6 is 11.8 Å². The SMILES string of the molecule is CCOc1ccc(NC(=O)N2CCSc3nc(C)cc(C)c32)cc1. The van der Waals surface area contributed by atoms with Crippen molar-refractivity contribution in [2.75, 3.05) is 29.1 Å². The van der Waals surface area contributed by atoms with Crippen LogP contribution in [-0.4, -0.2) is 29.9 Å². The quantitative estimate of drug-likeness (QED) is 0.905. The summed E-state index contributed by atoms with van der Waals surface area (Å²) in [7, 11) is 0. The minimum atomic E-state index is -0.130. The number of ether oxygens (including phenoxy) is 1. The molecule has 1 aromatic heterocycles. The Hall–Kier alpha value is -2.21. The van der Waals surface area contributed by atoms with Crippen molar-refractivity contribution < 1.29 is 9.53 Å². The maximum Gasteiger partial charge on any atom is 0.326 e. The number of aryl methyl sites for hydroxylation is 2. The molecular weight excluding hydrogens is 322 g/mol. The zero-order valence-electron chi connectivity index (χ0n) is 14.1. The molecule has 6 heteroatoms. The molecule has 2 aromatic rings. The summed E-state index contributed by atoms with van der Waals surface area (Å²) in [6, 6.07) is 9.30. The Kier molecular flexibility index (Phi) is 4.94. The number of pyridine rings is 1. The topological polar surface area (TPSA) is 54.5 Å². The van der Waals surface area contributed by atoms with Crippen LogP contribution < -0.4 is 15.0 Å². The zero-order chi connectivity index (χ0) is 17.1. The molecule has 0 fully saturated rings. The Labute approximate surface area is 146 Å². The van der Waals surface area contributed by atoms with Gasteiger partial charge < -0.3 is 10.1 Å². The molecule has 3 rings (SSSR count). The van der Waals surface area contributed by atoms with E-state index in [4.69, 9.17) is 4.74 Å². The number of rotatable bonds is 3. The van der Waals surface area contributed by atoms with Crippen molar-refractivity contribution in [3.63, 3.8) is 0 Å². The standard InChI is InChI=1S/C18H21N3O2S/c1-4-23-15-7-5-14(6-8-15)20-18(22)21-9-10-24-17-16(21)12(2)11-13(3)19-17/h5-8,11H,4,9-10H2,1-3H3,(H,20,22). The smallest absolute Gasteiger partial charge is 0.326 e. The highest BCUT2D eigenvalue weighted by Crippen LogP contribution is 2.36. The molecule has 1 N–H and O–H groups in total. The van der Waals surface area contributed by atoms with Crippen molar-refractivity contribution in [2.45, 2.75) is 25.8 Å². The Morgan fingerprint density at radius 2 is 2.08 bits per heavy atom. The van der Waals surface area contributed by atoms with E-state index in [1.54, 1.807) is 16.7 Å². The number of aromatic nitrogens is 1. The lowest BCUT2D eigenvalue weighted by Crippen LogP contribution is -2.39. The first kappa shape index (κ1) is 16.6. The van der Waals surface area contributed by atoms with Crippen LogP contribution in [0, 0.1) is 13.8 Å². The molecule has 0 saturated heterocycles. The van der Waals surface area contributed by atoms with E-state index in [1.165, 1.54) is 0 Å². The summed E-state index contributed by atoms with van der Waals surface area (Å²) in [5.74, 6) is 1.64. The van der Waals surface area contributed by atoms with Crippen LogP contribution in [0.2, 0.25) is 0 Å². The number of urea groups is 1. The Balaban J connectivity index is 1.79. The van der Waals surface area contributed by atoms with Gasteiger partial charge in [-0.1, -0.05) is 0 Å². The number of hydrogen-bond donors (Lipinski definition) is 1. The van der Waals surface area contributed by atoms with Crippen LogP contribution in [0.4, 0.5) is 16.2 Å². The predicted molar refractivity (Wildman–Crippen MR) is 98.4 cm³/mol. The van der Waals surface area contributed by atoms with E-state index < -0.39 is 0 Å². The van der Waals surface area contributed by atoms with Gasteiger partial charge in [-0.25, -0.2) is 9.78 Å². The van der Waals surface area contributed by atoms with Gasteiger partial charge in [-0.3, -0.25) is 4.90 Å². The van der Waals surface area contributed by atoms with Gasteiger partial charge in [0.15, 0.2) is 0 Å². The fraction of sp³-hybridized carbons (Fsp3) is 0.333. The fourth-order valence-corrected chi connectivity index (χ4v) is 3.85. The number of amides is 2. The van der Waals surface area contributed by atoms with E-state index in [-0.39, 0.29) is 6.03 Å². The summed E-state index contributed by atoms with van der Waals surface area (Å²) >= 11 is 1.70. The van der Waals surface area contributed by atoms with Crippen LogP contribution in [0.5, 0.6) is 5.75 Å². The van der Waals surface area contributed by atoms with Gasteiger partial charge in [0, 0.05) is 23.7 Å². The third-order valence-corrected chi connectivity index (χ3v) is 4.71. The molecule has 0 saturated carbocycles. The first-order chi connectivity index (χ1) is 11.6. The molecule has 126 valence electrons. The van der Waals surface area contributed by atoms with Crippen LogP contribution in [0.1, 0.15) is 18.2 Å². The van der Waals surface area contributed by atoms with E-state index in [9.17, 15) is 4.79 Å². The lowest BCUT2D eigenvalue weighted by Gasteiger charge is -2.30. The average Bonchev–Trinajstić information content (AvgIpc) is 2.56. The predicted octanol–water partition coefficient (Wildman–Crippen LogP) is 4.24. The maximum atomic E-state index is 12.7. The molecule has 1 aliphatic rings. The molecule has 5 nitrogen and oxygen atoms in total. The molecule has 2 heterocycles. The van der Waals surface area contributed by atoms with Gasteiger partial charge in [0.05, 0.1) is 12.3 Å². The number of anilines is 2. The van der Waals surface area contributed by atoms with Gasteiger partial charge in [-0.2, -0.15) is 0 Å². The number of benzene rings is 1. The first-order valence-electron chi connectivity index (χ1n) is 8.01. The summed E-state index contributed by atoms with van der Waals surface area (Å²) in [5, 5.41) is 3.89. The van der Waals surface area contributed by atoms with Crippen molar-refractivity contribution in [3.05, 3.63) is 41.6 Å². The molecule has 0 atom stereocenters. The van der Waals surface area contributed by atoms with Crippen molar-refractivity contribution in [3.8, 4) is 5.75 Å². The third kappa shape index (κ3) is 3.48. The Bertz CT molecular complexity index is 747. The van der Waals surface area contributed by atoms with Crippen molar-refractivity contribution in [2.24, 2.45) is 0 Å². The van der Waals surface area contributed by atoms with Gasteiger partial charge >= 0.3 is 6.03 Å². The molecule has 1 aliphatic heterocycles. The summed E-state index contributed by atoms with van der Waals surface area (Å²) in [4.78, 5) is 19.1. The summed E-state index contributed by atoms with van der Waals surface area (Å²) in [6.07, 6.45) is 0. The van der Waals surface area contributed by atoms with Crippen LogP contribution in [0.3, 0.4) is 0 Å². The highest BCUT2D eigenvalue weighted by molar-refractivity contribution is 7.99. The number of nitrogens with zero attached hydrogens (tertiary/aromatic N) is 2. The first-order valence-corrected chi connectivity index (χ1v) is 8.99.